The fourth-order valence-electron chi connectivity index (χ4n) is 2.31. The summed E-state index contributed by atoms with van der Waals surface area (Å²) in [5.74, 6) is 1.06. The number of fused-ring (bicyclic) bond motifs is 1. The first kappa shape index (κ1) is 13.4. The third-order valence-corrected chi connectivity index (χ3v) is 3.31. The molecule has 19 heavy (non-hydrogen) atoms. The summed E-state index contributed by atoms with van der Waals surface area (Å²) in [7, 11) is 1.81. The van der Waals surface area contributed by atoms with Crippen molar-refractivity contribution >= 4 is 17.6 Å². The van der Waals surface area contributed by atoms with Crippen LogP contribution < -0.4 is 5.32 Å². The Balaban J connectivity index is 2.58. The maximum atomic E-state index is 4.18. The van der Waals surface area contributed by atoms with Crippen LogP contribution in [0.1, 0.15) is 32.3 Å². The Labute approximate surface area is 114 Å². The molecule has 2 heterocycles. The van der Waals surface area contributed by atoms with Gasteiger partial charge in [-0.2, -0.15) is 0 Å². The van der Waals surface area contributed by atoms with Crippen LogP contribution >= 0.6 is 0 Å². The van der Waals surface area contributed by atoms with E-state index in [9.17, 15) is 0 Å². The van der Waals surface area contributed by atoms with Crippen LogP contribution in [0.5, 0.6) is 0 Å². The zero-order valence-electron chi connectivity index (χ0n) is 11.8. The lowest BCUT2D eigenvalue weighted by Gasteiger charge is -2.09. The molecule has 0 aliphatic carbocycles. The molecule has 1 aliphatic heterocycles. The predicted molar refractivity (Wildman–Crippen MR) is 83.6 cm³/mol. The van der Waals surface area contributed by atoms with Crippen LogP contribution in [0.25, 0.3) is 5.57 Å². The van der Waals surface area contributed by atoms with Crippen molar-refractivity contribution in [2.75, 3.05) is 12.4 Å². The average molecular weight is 255 g/mol. The van der Waals surface area contributed by atoms with Crippen molar-refractivity contribution in [3.8, 4) is 0 Å². The molecule has 0 saturated carbocycles. The van der Waals surface area contributed by atoms with Crippen molar-refractivity contribution in [3.05, 3.63) is 47.3 Å². The van der Waals surface area contributed by atoms with Gasteiger partial charge >= 0.3 is 0 Å². The Morgan fingerprint density at radius 2 is 2.32 bits per heavy atom. The predicted octanol–water partition coefficient (Wildman–Crippen LogP) is 4.15. The summed E-state index contributed by atoms with van der Waals surface area (Å²) in [4.78, 5) is 7.44. The van der Waals surface area contributed by atoms with Crippen molar-refractivity contribution < 1.29 is 0 Å². The molecule has 1 aliphatic rings. The molecule has 2 rings (SSSR count). The van der Waals surface area contributed by atoms with E-state index in [1.807, 2.05) is 26.4 Å². The Morgan fingerprint density at radius 1 is 1.47 bits per heavy atom. The van der Waals surface area contributed by atoms with E-state index in [0.717, 1.165) is 18.7 Å². The van der Waals surface area contributed by atoms with Crippen LogP contribution in [0.15, 0.2) is 46.8 Å². The van der Waals surface area contributed by atoms with Gasteiger partial charge in [0.05, 0.1) is 0 Å². The fourth-order valence-corrected chi connectivity index (χ4v) is 2.31. The summed E-state index contributed by atoms with van der Waals surface area (Å²) in [5.41, 5.74) is 5.12. The number of rotatable bonds is 3. The van der Waals surface area contributed by atoms with Gasteiger partial charge in [0.15, 0.2) is 0 Å². The molecular weight excluding hydrogens is 234 g/mol. The van der Waals surface area contributed by atoms with Crippen LogP contribution in [0, 0.1) is 0 Å². The van der Waals surface area contributed by atoms with Crippen LogP contribution in [-0.4, -0.2) is 18.2 Å². The Kier molecular flexibility index (Phi) is 4.39. The van der Waals surface area contributed by atoms with Crippen LogP contribution in [0.3, 0.4) is 0 Å². The maximum Gasteiger partial charge on any atom is 0.114 e. The molecule has 0 amide bonds. The van der Waals surface area contributed by atoms with E-state index in [4.69, 9.17) is 0 Å². The highest BCUT2D eigenvalue weighted by molar-refractivity contribution is 5.96. The van der Waals surface area contributed by atoms with Crippen molar-refractivity contribution in [1.29, 1.82) is 0 Å². The monoisotopic (exact) mass is 255 g/mol. The number of hydrogen-bond acceptors (Lipinski definition) is 2. The first-order chi connectivity index (χ1) is 9.30. The minimum absolute atomic E-state index is 0.958. The number of hydrogen-bond donors (Lipinski definition) is 2. The molecule has 1 aromatic heterocycles. The summed E-state index contributed by atoms with van der Waals surface area (Å²) in [6, 6.07) is 2.12. The van der Waals surface area contributed by atoms with E-state index in [1.54, 1.807) is 0 Å². The van der Waals surface area contributed by atoms with Crippen molar-refractivity contribution in [3.63, 3.8) is 0 Å². The summed E-state index contributed by atoms with van der Waals surface area (Å²) in [5, 5.41) is 3.35. The second kappa shape index (κ2) is 6.23. The van der Waals surface area contributed by atoms with E-state index < -0.39 is 0 Å². The zero-order chi connectivity index (χ0) is 13.7. The van der Waals surface area contributed by atoms with Gasteiger partial charge in [-0.05, 0) is 42.6 Å². The lowest BCUT2D eigenvalue weighted by atomic mass is 9.95. The number of aromatic nitrogens is 1. The summed E-state index contributed by atoms with van der Waals surface area (Å²) in [6.07, 6.45) is 12.2. The molecule has 0 aromatic carbocycles. The molecule has 0 unspecified atom stereocenters. The molecule has 2 N–H and O–H groups in total. The van der Waals surface area contributed by atoms with Crippen molar-refractivity contribution in [1.82, 2.24) is 4.98 Å². The lowest BCUT2D eigenvalue weighted by Crippen LogP contribution is -1.93. The Morgan fingerprint density at radius 3 is 3.00 bits per heavy atom. The highest BCUT2D eigenvalue weighted by atomic mass is 15.0. The van der Waals surface area contributed by atoms with Gasteiger partial charge in [0.2, 0.25) is 0 Å². The Hall–Kier alpha value is -2.03. The van der Waals surface area contributed by atoms with Crippen LogP contribution in [-0.2, 0) is 0 Å². The molecule has 3 nitrogen and oxygen atoms in total. The van der Waals surface area contributed by atoms with Gasteiger partial charge in [0.1, 0.15) is 5.82 Å². The van der Waals surface area contributed by atoms with Gasteiger partial charge in [-0.15, -0.1) is 0 Å². The highest BCUT2D eigenvalue weighted by Gasteiger charge is 2.16. The number of allylic oxidation sites excluding steroid dienone is 5. The number of H-pyrrole nitrogens is 1. The largest absolute Gasteiger partial charge is 0.348 e. The SMILES string of the molecule is C/C=C\C(C=NC)=C1CC(CC)=CNc2[nH]ccc21. The number of nitrogens with one attached hydrogen (secondary N) is 2. The van der Waals surface area contributed by atoms with Gasteiger partial charge in [0, 0.05) is 31.2 Å². The molecule has 0 bridgehead atoms. The third-order valence-electron chi connectivity index (χ3n) is 3.31. The standard InChI is InChI=1S/C16H21N3/c1-4-6-13(11-17-3)15-9-12(5-2)10-19-16-14(15)7-8-18-16/h4,6-8,10-11,18-19H,5,9H2,1-3H3/b6-4-,15-13?,17-11?. The molecule has 3 heteroatoms. The average Bonchev–Trinajstić information content (AvgIpc) is 2.81. The molecule has 0 spiro atoms. The Bertz CT molecular complexity index is 542. The quantitative estimate of drug-likeness (QED) is 0.782. The van der Waals surface area contributed by atoms with Gasteiger partial charge < -0.3 is 10.3 Å². The van der Waals surface area contributed by atoms with Gasteiger partial charge in [-0.1, -0.05) is 19.1 Å². The second-order valence-electron chi connectivity index (χ2n) is 4.56. The normalized spacial score (nSPS) is 18.2. The molecule has 0 fully saturated rings. The third kappa shape index (κ3) is 2.87. The van der Waals surface area contributed by atoms with Crippen LogP contribution in [0.2, 0.25) is 0 Å². The smallest absolute Gasteiger partial charge is 0.114 e. The molecule has 1 aromatic rings. The summed E-state index contributed by atoms with van der Waals surface area (Å²) < 4.78 is 0. The number of aliphatic imine (C=N–C) groups is 1. The topological polar surface area (TPSA) is 40.2 Å². The summed E-state index contributed by atoms with van der Waals surface area (Å²) in [6.45, 7) is 4.22. The molecular formula is C16H21N3. The molecule has 0 saturated heterocycles. The number of nitrogens with zero attached hydrogens (tertiary/aromatic N) is 1. The molecule has 0 atom stereocenters. The van der Waals surface area contributed by atoms with Crippen molar-refractivity contribution in [2.45, 2.75) is 26.7 Å². The van der Waals surface area contributed by atoms with Crippen LogP contribution in [0.4, 0.5) is 5.82 Å². The van der Waals surface area contributed by atoms with Gasteiger partial charge in [0.25, 0.3) is 0 Å². The van der Waals surface area contributed by atoms with E-state index in [-0.39, 0.29) is 0 Å². The maximum absolute atomic E-state index is 4.18. The molecule has 100 valence electrons. The lowest BCUT2D eigenvalue weighted by molar-refractivity contribution is 1.04. The minimum atomic E-state index is 0.958. The first-order valence-corrected chi connectivity index (χ1v) is 6.70. The van der Waals surface area contributed by atoms with E-state index in [2.05, 4.69) is 46.6 Å². The highest BCUT2D eigenvalue weighted by Crippen LogP contribution is 2.34. The second-order valence-corrected chi connectivity index (χ2v) is 4.56. The minimum Gasteiger partial charge on any atom is -0.348 e. The first-order valence-electron chi connectivity index (χ1n) is 6.70. The van der Waals surface area contributed by atoms with E-state index in [0.29, 0.717) is 0 Å². The fraction of sp³-hybridized carbons (Fsp3) is 0.312. The number of aromatic amines is 1. The summed E-state index contributed by atoms with van der Waals surface area (Å²) >= 11 is 0. The van der Waals surface area contributed by atoms with E-state index in [1.165, 1.54) is 22.3 Å². The number of anilines is 1. The zero-order valence-corrected chi connectivity index (χ0v) is 11.8. The van der Waals surface area contributed by atoms with Gasteiger partial charge in [-0.3, -0.25) is 4.99 Å². The molecule has 0 radical (unpaired) electrons. The van der Waals surface area contributed by atoms with Crippen molar-refractivity contribution in [2.24, 2.45) is 4.99 Å². The van der Waals surface area contributed by atoms with E-state index >= 15 is 0 Å². The van der Waals surface area contributed by atoms with Gasteiger partial charge in [-0.25, -0.2) is 0 Å².